The minimum absolute atomic E-state index is 0.350. The molecule has 0 aromatic rings. The van der Waals surface area contributed by atoms with Gasteiger partial charge in [-0.25, -0.2) is 0 Å². The first kappa shape index (κ1) is 11.4. The second kappa shape index (κ2) is 4.40. The lowest BCUT2D eigenvalue weighted by Crippen LogP contribution is -2.62. The van der Waals surface area contributed by atoms with E-state index in [4.69, 9.17) is 5.73 Å². The number of likely N-dealkylation sites (tertiary alicyclic amines) is 1. The zero-order chi connectivity index (χ0) is 10.9. The number of nitrogens with two attached hydrogens (primary N) is 1. The Labute approximate surface area is 93.6 Å². The highest BCUT2D eigenvalue weighted by Crippen LogP contribution is 2.38. The maximum absolute atomic E-state index is 5.96. The van der Waals surface area contributed by atoms with Crippen LogP contribution >= 0.6 is 0 Å². The van der Waals surface area contributed by atoms with E-state index < -0.39 is 0 Å². The van der Waals surface area contributed by atoms with Crippen LogP contribution in [0.4, 0.5) is 0 Å². The molecule has 1 aliphatic carbocycles. The number of nitrogens with zero attached hydrogens (tertiary/aromatic N) is 2. The van der Waals surface area contributed by atoms with Crippen LogP contribution in [-0.2, 0) is 0 Å². The van der Waals surface area contributed by atoms with Crippen LogP contribution in [0.15, 0.2) is 0 Å². The highest BCUT2D eigenvalue weighted by atomic mass is 15.3. The van der Waals surface area contributed by atoms with Crippen molar-refractivity contribution >= 4 is 0 Å². The van der Waals surface area contributed by atoms with E-state index in [1.165, 1.54) is 45.2 Å². The van der Waals surface area contributed by atoms with Gasteiger partial charge in [0.2, 0.25) is 0 Å². The summed E-state index contributed by atoms with van der Waals surface area (Å²) in [6.07, 6.45) is 6.67. The quantitative estimate of drug-likeness (QED) is 0.752. The summed E-state index contributed by atoms with van der Waals surface area (Å²) >= 11 is 0. The fraction of sp³-hybridized carbons (Fsp3) is 1.00. The van der Waals surface area contributed by atoms with E-state index >= 15 is 0 Å². The minimum atomic E-state index is 0.350. The molecule has 15 heavy (non-hydrogen) atoms. The first-order valence-corrected chi connectivity index (χ1v) is 6.29. The molecular weight excluding hydrogens is 186 g/mol. The van der Waals surface area contributed by atoms with Crippen LogP contribution in [0.1, 0.15) is 32.1 Å². The number of hydrogen-bond donors (Lipinski definition) is 1. The summed E-state index contributed by atoms with van der Waals surface area (Å²) in [5.41, 5.74) is 6.31. The first-order chi connectivity index (χ1) is 7.18. The normalized spacial score (nSPS) is 31.6. The number of piperidine rings is 1. The van der Waals surface area contributed by atoms with Crippen LogP contribution in [0.2, 0.25) is 0 Å². The molecule has 2 fully saturated rings. The third-order valence-corrected chi connectivity index (χ3v) is 4.56. The van der Waals surface area contributed by atoms with Crippen molar-refractivity contribution in [3.8, 4) is 0 Å². The second-order valence-electron chi connectivity index (χ2n) is 5.45. The van der Waals surface area contributed by atoms with Gasteiger partial charge in [-0.05, 0) is 52.7 Å². The molecule has 2 aliphatic rings. The highest BCUT2D eigenvalue weighted by Gasteiger charge is 2.42. The van der Waals surface area contributed by atoms with Gasteiger partial charge in [0.15, 0.2) is 0 Å². The van der Waals surface area contributed by atoms with E-state index in [9.17, 15) is 0 Å². The van der Waals surface area contributed by atoms with E-state index in [2.05, 4.69) is 23.9 Å². The Morgan fingerprint density at radius 2 is 2.13 bits per heavy atom. The van der Waals surface area contributed by atoms with Gasteiger partial charge in [0.1, 0.15) is 0 Å². The van der Waals surface area contributed by atoms with Crippen LogP contribution in [0.3, 0.4) is 0 Å². The Morgan fingerprint density at radius 1 is 1.40 bits per heavy atom. The van der Waals surface area contributed by atoms with Crippen LogP contribution in [0.5, 0.6) is 0 Å². The Morgan fingerprint density at radius 3 is 2.60 bits per heavy atom. The van der Waals surface area contributed by atoms with Gasteiger partial charge in [0, 0.05) is 24.7 Å². The van der Waals surface area contributed by atoms with E-state index in [0.29, 0.717) is 5.54 Å². The summed E-state index contributed by atoms with van der Waals surface area (Å²) in [4.78, 5) is 5.04. The molecule has 3 nitrogen and oxygen atoms in total. The van der Waals surface area contributed by atoms with Gasteiger partial charge in [0.25, 0.3) is 0 Å². The molecular formula is C12H25N3. The Hall–Kier alpha value is -0.120. The molecule has 0 aromatic heterocycles. The Bertz CT molecular complexity index is 207. The van der Waals surface area contributed by atoms with Gasteiger partial charge in [-0.2, -0.15) is 0 Å². The predicted octanol–water partition coefficient (Wildman–Crippen LogP) is 0.894. The van der Waals surface area contributed by atoms with Gasteiger partial charge >= 0.3 is 0 Å². The van der Waals surface area contributed by atoms with Crippen LogP contribution in [0.25, 0.3) is 0 Å². The van der Waals surface area contributed by atoms with Gasteiger partial charge < -0.3 is 10.6 Å². The molecule has 0 amide bonds. The molecule has 1 atom stereocenters. The summed E-state index contributed by atoms with van der Waals surface area (Å²) in [7, 11) is 4.52. The first-order valence-electron chi connectivity index (χ1n) is 6.29. The van der Waals surface area contributed by atoms with Gasteiger partial charge in [-0.3, -0.25) is 4.90 Å². The molecule has 1 heterocycles. The molecule has 1 saturated carbocycles. The summed E-state index contributed by atoms with van der Waals surface area (Å²) < 4.78 is 0. The van der Waals surface area contributed by atoms with Crippen LogP contribution in [0, 0.1) is 0 Å². The SMILES string of the molecule is CN1CCCC(N(C)C2(CN)CCC2)C1. The summed E-state index contributed by atoms with van der Waals surface area (Å²) in [5, 5.41) is 0. The van der Waals surface area contributed by atoms with Crippen molar-refractivity contribution in [2.24, 2.45) is 5.73 Å². The van der Waals surface area contributed by atoms with Crippen molar-refractivity contribution in [1.82, 2.24) is 9.80 Å². The lowest BCUT2D eigenvalue weighted by Gasteiger charge is -2.52. The molecule has 0 spiro atoms. The molecule has 1 saturated heterocycles. The summed E-state index contributed by atoms with van der Waals surface area (Å²) in [6, 6.07) is 0.729. The molecule has 88 valence electrons. The highest BCUT2D eigenvalue weighted by molar-refractivity contribution is 5.00. The van der Waals surface area contributed by atoms with Crippen LogP contribution < -0.4 is 5.73 Å². The van der Waals surface area contributed by atoms with Gasteiger partial charge in [-0.15, -0.1) is 0 Å². The van der Waals surface area contributed by atoms with Crippen molar-refractivity contribution in [2.75, 3.05) is 33.7 Å². The smallest absolute Gasteiger partial charge is 0.0332 e. The average molecular weight is 211 g/mol. The fourth-order valence-electron chi connectivity index (χ4n) is 3.13. The fourth-order valence-corrected chi connectivity index (χ4v) is 3.13. The van der Waals surface area contributed by atoms with Gasteiger partial charge in [-0.1, -0.05) is 0 Å². The zero-order valence-electron chi connectivity index (χ0n) is 10.2. The lowest BCUT2D eigenvalue weighted by atomic mass is 9.74. The molecule has 0 radical (unpaired) electrons. The van der Waals surface area contributed by atoms with E-state index in [1.54, 1.807) is 0 Å². The number of likely N-dealkylation sites (N-methyl/N-ethyl adjacent to an activating group) is 2. The zero-order valence-corrected chi connectivity index (χ0v) is 10.2. The minimum Gasteiger partial charge on any atom is -0.329 e. The third-order valence-electron chi connectivity index (χ3n) is 4.56. The molecule has 2 N–H and O–H groups in total. The van der Waals surface area contributed by atoms with Crippen LogP contribution in [-0.4, -0.2) is 55.1 Å². The van der Waals surface area contributed by atoms with Gasteiger partial charge in [0.05, 0.1) is 0 Å². The molecule has 0 bridgehead atoms. The van der Waals surface area contributed by atoms with Crippen molar-refractivity contribution in [2.45, 2.75) is 43.7 Å². The standard InChI is InChI=1S/C12H25N3/c1-14-8-3-5-11(9-14)15(2)12(10-13)6-4-7-12/h11H,3-10,13H2,1-2H3. The third kappa shape index (κ3) is 2.05. The maximum atomic E-state index is 5.96. The maximum Gasteiger partial charge on any atom is 0.0332 e. The van der Waals surface area contributed by atoms with Crippen molar-refractivity contribution < 1.29 is 0 Å². The molecule has 3 heteroatoms. The average Bonchev–Trinajstić information content (AvgIpc) is 2.17. The molecule has 1 aliphatic heterocycles. The monoisotopic (exact) mass is 211 g/mol. The lowest BCUT2D eigenvalue weighted by molar-refractivity contribution is -0.0110. The van der Waals surface area contributed by atoms with Crippen molar-refractivity contribution in [3.63, 3.8) is 0 Å². The van der Waals surface area contributed by atoms with E-state index in [0.717, 1.165) is 12.6 Å². The second-order valence-corrected chi connectivity index (χ2v) is 5.45. The summed E-state index contributed by atoms with van der Waals surface area (Å²) in [5.74, 6) is 0. The Balaban J connectivity index is 1.96. The van der Waals surface area contributed by atoms with E-state index in [-0.39, 0.29) is 0 Å². The van der Waals surface area contributed by atoms with Crippen molar-refractivity contribution in [3.05, 3.63) is 0 Å². The molecule has 0 aromatic carbocycles. The molecule has 2 rings (SSSR count). The summed E-state index contributed by atoms with van der Waals surface area (Å²) in [6.45, 7) is 3.32. The topological polar surface area (TPSA) is 32.5 Å². The van der Waals surface area contributed by atoms with E-state index in [1.807, 2.05) is 0 Å². The molecule has 1 unspecified atom stereocenters. The largest absolute Gasteiger partial charge is 0.329 e. The number of hydrogen-bond acceptors (Lipinski definition) is 3. The Kier molecular flexibility index (Phi) is 3.33. The number of rotatable bonds is 3. The van der Waals surface area contributed by atoms with Crippen molar-refractivity contribution in [1.29, 1.82) is 0 Å². The predicted molar refractivity (Wildman–Crippen MR) is 63.9 cm³/mol.